The maximum Gasteiger partial charge on any atom is 0.277 e. The van der Waals surface area contributed by atoms with Gasteiger partial charge in [-0.15, -0.1) is 5.92 Å². The Kier molecular flexibility index (Phi) is 6.02. The maximum atomic E-state index is 13.9. The van der Waals surface area contributed by atoms with E-state index in [-0.39, 0.29) is 18.1 Å². The summed E-state index contributed by atoms with van der Waals surface area (Å²) in [4.78, 5) is 34.9. The molecule has 0 bridgehead atoms. The van der Waals surface area contributed by atoms with E-state index in [1.54, 1.807) is 30.1 Å². The average Bonchev–Trinajstić information content (AvgIpc) is 3.21. The van der Waals surface area contributed by atoms with Crippen molar-refractivity contribution < 1.29 is 0 Å². The molecule has 9 heteroatoms. The SMILES string of the molecule is CC#CCn1c(N2CCCC(N)C2)nc2ccn(CC3=Nc4ncccc4Cc4cccnc43)c(=O)c21. The molecule has 6 heterocycles. The number of aromatic nitrogens is 5. The number of imidazole rings is 1. The first kappa shape index (κ1) is 23.1. The lowest BCUT2D eigenvalue weighted by Gasteiger charge is -2.31. The molecule has 0 aliphatic carbocycles. The van der Waals surface area contributed by atoms with Crippen LogP contribution in [-0.4, -0.2) is 48.9 Å². The van der Waals surface area contributed by atoms with E-state index < -0.39 is 0 Å². The van der Waals surface area contributed by atoms with Crippen molar-refractivity contribution in [2.75, 3.05) is 18.0 Å². The Morgan fingerprint density at radius 3 is 2.81 bits per heavy atom. The van der Waals surface area contributed by atoms with Gasteiger partial charge < -0.3 is 15.2 Å². The van der Waals surface area contributed by atoms with Crippen LogP contribution in [0.3, 0.4) is 0 Å². The predicted octanol–water partition coefficient (Wildman–Crippen LogP) is 2.66. The van der Waals surface area contributed by atoms with Crippen molar-refractivity contribution >= 4 is 28.5 Å². The quantitative estimate of drug-likeness (QED) is 0.439. The summed E-state index contributed by atoms with van der Waals surface area (Å²) in [5, 5.41) is 0. The van der Waals surface area contributed by atoms with Crippen LogP contribution < -0.4 is 16.2 Å². The molecule has 0 saturated carbocycles. The van der Waals surface area contributed by atoms with E-state index in [0.29, 0.717) is 42.1 Å². The number of piperidine rings is 1. The van der Waals surface area contributed by atoms with E-state index in [1.165, 1.54) is 0 Å². The van der Waals surface area contributed by atoms with Crippen LogP contribution >= 0.6 is 0 Å². The fourth-order valence-electron chi connectivity index (χ4n) is 5.20. The van der Waals surface area contributed by atoms with E-state index in [2.05, 4.69) is 32.8 Å². The zero-order valence-electron chi connectivity index (χ0n) is 20.8. The van der Waals surface area contributed by atoms with E-state index in [0.717, 1.165) is 42.2 Å². The number of nitrogens with zero attached hydrogens (tertiary/aromatic N) is 7. The van der Waals surface area contributed by atoms with Crippen molar-refractivity contribution in [3.63, 3.8) is 0 Å². The minimum absolute atomic E-state index is 0.0910. The molecule has 37 heavy (non-hydrogen) atoms. The molecule has 0 spiro atoms. The van der Waals surface area contributed by atoms with Gasteiger partial charge >= 0.3 is 0 Å². The van der Waals surface area contributed by atoms with Gasteiger partial charge in [-0.2, -0.15) is 0 Å². The molecule has 1 unspecified atom stereocenters. The fourth-order valence-corrected chi connectivity index (χ4v) is 5.20. The minimum atomic E-state index is -0.138. The smallest absolute Gasteiger partial charge is 0.277 e. The van der Waals surface area contributed by atoms with E-state index in [4.69, 9.17) is 15.7 Å². The Morgan fingerprint density at radius 1 is 1.14 bits per heavy atom. The molecule has 6 rings (SSSR count). The van der Waals surface area contributed by atoms with Gasteiger partial charge in [-0.05, 0) is 43.5 Å². The summed E-state index contributed by atoms with van der Waals surface area (Å²) in [6.45, 7) is 4.02. The highest BCUT2D eigenvalue weighted by Gasteiger charge is 2.25. The first-order chi connectivity index (χ1) is 18.1. The van der Waals surface area contributed by atoms with Crippen molar-refractivity contribution in [1.82, 2.24) is 24.1 Å². The Labute approximate surface area is 214 Å². The third kappa shape index (κ3) is 4.30. The monoisotopic (exact) mass is 492 g/mol. The molecule has 4 aromatic heterocycles. The predicted molar refractivity (Wildman–Crippen MR) is 144 cm³/mol. The number of hydrogen-bond donors (Lipinski definition) is 1. The highest BCUT2D eigenvalue weighted by atomic mass is 16.1. The zero-order valence-corrected chi connectivity index (χ0v) is 20.8. The van der Waals surface area contributed by atoms with Gasteiger partial charge in [0, 0.05) is 49.7 Å². The highest BCUT2D eigenvalue weighted by molar-refractivity contribution is 6.02. The summed E-state index contributed by atoms with van der Waals surface area (Å²) in [6, 6.07) is 9.92. The van der Waals surface area contributed by atoms with E-state index in [1.807, 2.05) is 28.8 Å². The molecule has 4 aromatic rings. The van der Waals surface area contributed by atoms with Gasteiger partial charge in [0.1, 0.15) is 5.52 Å². The number of fused-ring (bicyclic) bond motifs is 3. The third-order valence-electron chi connectivity index (χ3n) is 6.98. The topological polar surface area (TPSA) is 107 Å². The average molecular weight is 493 g/mol. The molecule has 1 atom stereocenters. The molecule has 0 amide bonds. The van der Waals surface area contributed by atoms with Gasteiger partial charge in [0.15, 0.2) is 5.82 Å². The lowest BCUT2D eigenvalue weighted by molar-refractivity contribution is 0.496. The summed E-state index contributed by atoms with van der Waals surface area (Å²) in [5.74, 6) is 7.48. The summed E-state index contributed by atoms with van der Waals surface area (Å²) in [6.07, 6.45) is 7.97. The third-order valence-corrected chi connectivity index (χ3v) is 6.98. The maximum absolute atomic E-state index is 13.9. The molecule has 186 valence electrons. The Hall–Kier alpha value is -4.29. The van der Waals surface area contributed by atoms with Crippen LogP contribution in [0.1, 0.15) is 36.6 Å². The largest absolute Gasteiger partial charge is 0.341 e. The van der Waals surface area contributed by atoms with Crippen LogP contribution in [0, 0.1) is 11.8 Å². The summed E-state index contributed by atoms with van der Waals surface area (Å²) >= 11 is 0. The van der Waals surface area contributed by atoms with Gasteiger partial charge in [0.25, 0.3) is 5.56 Å². The van der Waals surface area contributed by atoms with Crippen molar-refractivity contribution in [3.05, 3.63) is 76.1 Å². The summed E-state index contributed by atoms with van der Waals surface area (Å²) in [5.41, 5.74) is 10.9. The van der Waals surface area contributed by atoms with Crippen molar-refractivity contribution in [1.29, 1.82) is 0 Å². The van der Waals surface area contributed by atoms with Gasteiger partial charge in [-0.1, -0.05) is 18.1 Å². The number of rotatable bonds is 4. The van der Waals surface area contributed by atoms with Crippen LogP contribution in [0.15, 0.2) is 58.7 Å². The molecule has 2 aliphatic rings. The number of aliphatic imine (C=N–C) groups is 1. The van der Waals surface area contributed by atoms with Gasteiger partial charge in [-0.25, -0.2) is 15.0 Å². The van der Waals surface area contributed by atoms with E-state index >= 15 is 0 Å². The van der Waals surface area contributed by atoms with Crippen LogP contribution in [0.5, 0.6) is 0 Å². The standard InChI is InChI=1S/C28H28N8O/c1-2-3-14-36-25-22(33-28(36)35-13-6-9-21(29)17-35)10-15-34(27(25)37)18-23-24-19(7-4-11-30-24)16-20-8-5-12-31-26(20)32-23/h4-5,7-8,10-12,15,21H,6,9,13-14,16-18,29H2,1H3. The number of pyridine rings is 3. The highest BCUT2D eigenvalue weighted by Crippen LogP contribution is 2.27. The minimum Gasteiger partial charge on any atom is -0.341 e. The van der Waals surface area contributed by atoms with Crippen LogP contribution in [0.4, 0.5) is 11.8 Å². The Morgan fingerprint density at radius 2 is 1.97 bits per heavy atom. The van der Waals surface area contributed by atoms with E-state index in [9.17, 15) is 4.79 Å². The first-order valence-electron chi connectivity index (χ1n) is 12.6. The second-order valence-corrected chi connectivity index (χ2v) is 9.49. The van der Waals surface area contributed by atoms with Crippen LogP contribution in [0.25, 0.3) is 11.0 Å². The summed E-state index contributed by atoms with van der Waals surface area (Å²) < 4.78 is 3.61. The molecule has 1 fully saturated rings. The number of nitrogens with two attached hydrogens (primary N) is 1. The molecule has 2 N–H and O–H groups in total. The van der Waals surface area contributed by atoms with Crippen LogP contribution in [0.2, 0.25) is 0 Å². The molecule has 0 radical (unpaired) electrons. The molecule has 0 aromatic carbocycles. The van der Waals surface area contributed by atoms with Gasteiger partial charge in [0.2, 0.25) is 5.95 Å². The zero-order chi connectivity index (χ0) is 25.4. The first-order valence-corrected chi connectivity index (χ1v) is 12.6. The Balaban J connectivity index is 1.46. The van der Waals surface area contributed by atoms with Crippen molar-refractivity contribution in [3.8, 4) is 11.8 Å². The molecular formula is C28H28N8O. The lowest BCUT2D eigenvalue weighted by atomic mass is 10.0. The van der Waals surface area contributed by atoms with Gasteiger partial charge in [-0.3, -0.25) is 14.3 Å². The molecule has 2 aliphatic heterocycles. The molecule has 1 saturated heterocycles. The summed E-state index contributed by atoms with van der Waals surface area (Å²) in [7, 11) is 0. The van der Waals surface area contributed by atoms with Crippen molar-refractivity contribution in [2.24, 2.45) is 10.7 Å². The molecular weight excluding hydrogens is 464 g/mol. The second-order valence-electron chi connectivity index (χ2n) is 9.49. The van der Waals surface area contributed by atoms with Crippen LogP contribution in [-0.2, 0) is 19.5 Å². The Bertz CT molecular complexity index is 1640. The fraction of sp³-hybridized carbons (Fsp3) is 0.321. The lowest BCUT2D eigenvalue weighted by Crippen LogP contribution is -2.44. The number of hydrogen-bond acceptors (Lipinski definition) is 7. The second kappa shape index (κ2) is 9.64. The molecule has 9 nitrogen and oxygen atoms in total. The van der Waals surface area contributed by atoms with Gasteiger partial charge in [0.05, 0.1) is 30.0 Å². The number of anilines is 1. The van der Waals surface area contributed by atoms with Crippen molar-refractivity contribution in [2.45, 2.75) is 45.3 Å². The normalized spacial score (nSPS) is 16.9.